The number of pyridine rings is 1. The Morgan fingerprint density at radius 2 is 2.19 bits per heavy atom. The maximum Gasteiger partial charge on any atom is 0.335 e. The smallest absolute Gasteiger partial charge is 0.335 e. The molecule has 1 aromatic heterocycles. The first-order chi connectivity index (χ1) is 10.1. The highest BCUT2D eigenvalue weighted by atomic mass is 16.4. The van der Waals surface area contributed by atoms with E-state index in [1.807, 2.05) is 25.3 Å². The summed E-state index contributed by atoms with van der Waals surface area (Å²) in [6.45, 7) is 1.94. The number of hydrogen-bond donors (Lipinski definition) is 3. The third kappa shape index (κ3) is 2.56. The lowest BCUT2D eigenvalue weighted by Gasteiger charge is -2.13. The lowest BCUT2D eigenvalue weighted by atomic mass is 10.0. The number of aromatic nitrogens is 1. The maximum absolute atomic E-state index is 11.1. The topological polar surface area (TPSA) is 77.5 Å². The SMILES string of the molecule is Cc1ccc(C(=O)O)cc1C1=CN(c2cccnc2)NN1. The molecule has 6 nitrogen and oxygen atoms in total. The summed E-state index contributed by atoms with van der Waals surface area (Å²) in [6, 6.07) is 8.82. The summed E-state index contributed by atoms with van der Waals surface area (Å²) in [6.07, 6.45) is 5.30. The predicted molar refractivity (Wildman–Crippen MR) is 79.1 cm³/mol. The van der Waals surface area contributed by atoms with Gasteiger partial charge in [-0.15, -0.1) is 5.53 Å². The third-order valence-electron chi connectivity index (χ3n) is 3.27. The minimum absolute atomic E-state index is 0.262. The summed E-state index contributed by atoms with van der Waals surface area (Å²) < 4.78 is 0. The summed E-state index contributed by atoms with van der Waals surface area (Å²) in [4.78, 5) is 15.2. The average molecular weight is 282 g/mol. The quantitative estimate of drug-likeness (QED) is 0.798. The van der Waals surface area contributed by atoms with Crippen molar-refractivity contribution in [1.82, 2.24) is 15.9 Å². The number of carboxylic acids is 1. The number of anilines is 1. The molecule has 0 amide bonds. The molecule has 1 aliphatic heterocycles. The van der Waals surface area contributed by atoms with Gasteiger partial charge in [0.2, 0.25) is 0 Å². The van der Waals surface area contributed by atoms with Gasteiger partial charge in [0.05, 0.1) is 23.1 Å². The molecule has 106 valence electrons. The molecule has 3 N–H and O–H groups in total. The van der Waals surface area contributed by atoms with E-state index in [2.05, 4.69) is 15.9 Å². The number of benzene rings is 1. The second-order valence-electron chi connectivity index (χ2n) is 4.70. The van der Waals surface area contributed by atoms with Crippen LogP contribution in [0.2, 0.25) is 0 Å². The van der Waals surface area contributed by atoms with Crippen LogP contribution < -0.4 is 16.0 Å². The number of carboxylic acid groups (broad SMARTS) is 1. The number of hydrazine groups is 2. The zero-order valence-electron chi connectivity index (χ0n) is 11.4. The van der Waals surface area contributed by atoms with E-state index in [-0.39, 0.29) is 5.56 Å². The Morgan fingerprint density at radius 3 is 2.90 bits per heavy atom. The van der Waals surface area contributed by atoms with Crippen LogP contribution >= 0.6 is 0 Å². The molecule has 3 rings (SSSR count). The summed E-state index contributed by atoms with van der Waals surface area (Å²) in [5.41, 5.74) is 9.83. The number of hydrogen-bond acceptors (Lipinski definition) is 5. The van der Waals surface area contributed by atoms with Crippen molar-refractivity contribution in [2.45, 2.75) is 6.92 Å². The molecule has 21 heavy (non-hydrogen) atoms. The number of nitrogens with one attached hydrogen (secondary N) is 2. The Labute approximate surface area is 121 Å². The van der Waals surface area contributed by atoms with Gasteiger partial charge in [-0.25, -0.2) is 4.79 Å². The lowest BCUT2D eigenvalue weighted by molar-refractivity contribution is 0.0697. The van der Waals surface area contributed by atoms with E-state index in [9.17, 15) is 4.79 Å². The Balaban J connectivity index is 1.95. The van der Waals surface area contributed by atoms with Crippen molar-refractivity contribution in [3.63, 3.8) is 0 Å². The first kappa shape index (κ1) is 13.1. The summed E-state index contributed by atoms with van der Waals surface area (Å²) in [5.74, 6) is -0.938. The Hall–Kier alpha value is -2.86. The van der Waals surface area contributed by atoms with Gasteiger partial charge >= 0.3 is 5.97 Å². The molecule has 2 heterocycles. The van der Waals surface area contributed by atoms with Crippen molar-refractivity contribution in [2.24, 2.45) is 0 Å². The number of aryl methyl sites for hydroxylation is 1. The molecule has 0 unspecified atom stereocenters. The minimum Gasteiger partial charge on any atom is -0.478 e. The number of aromatic carboxylic acids is 1. The van der Waals surface area contributed by atoms with E-state index >= 15 is 0 Å². The molecule has 6 heteroatoms. The lowest BCUT2D eigenvalue weighted by Crippen LogP contribution is -2.36. The van der Waals surface area contributed by atoms with Crippen molar-refractivity contribution in [2.75, 3.05) is 5.01 Å². The predicted octanol–water partition coefficient (Wildman–Crippen LogP) is 1.92. The molecule has 0 bridgehead atoms. The van der Waals surface area contributed by atoms with Gasteiger partial charge in [-0.1, -0.05) is 6.07 Å². The van der Waals surface area contributed by atoms with Crippen LogP contribution in [0.25, 0.3) is 5.70 Å². The van der Waals surface area contributed by atoms with Crippen LogP contribution in [0.1, 0.15) is 21.5 Å². The van der Waals surface area contributed by atoms with Gasteiger partial charge < -0.3 is 10.5 Å². The second kappa shape index (κ2) is 5.26. The van der Waals surface area contributed by atoms with E-state index in [1.165, 1.54) is 0 Å². The highest BCUT2D eigenvalue weighted by Gasteiger charge is 2.17. The summed E-state index contributed by atoms with van der Waals surface area (Å²) >= 11 is 0. The molecule has 0 atom stereocenters. The molecule has 1 aliphatic rings. The first-order valence-electron chi connectivity index (χ1n) is 6.42. The van der Waals surface area contributed by atoms with E-state index in [4.69, 9.17) is 5.11 Å². The van der Waals surface area contributed by atoms with Crippen molar-refractivity contribution in [3.05, 3.63) is 65.6 Å². The number of carbonyl (C=O) groups is 1. The maximum atomic E-state index is 11.1. The van der Waals surface area contributed by atoms with Crippen LogP contribution in [0.15, 0.2) is 48.9 Å². The first-order valence-corrected chi connectivity index (χ1v) is 6.42. The molecule has 0 saturated heterocycles. The van der Waals surface area contributed by atoms with Crippen molar-refractivity contribution < 1.29 is 9.90 Å². The molecule has 0 aliphatic carbocycles. The molecular formula is C15H14N4O2. The number of rotatable bonds is 3. The largest absolute Gasteiger partial charge is 0.478 e. The second-order valence-corrected chi connectivity index (χ2v) is 4.70. The molecule has 0 radical (unpaired) electrons. The summed E-state index contributed by atoms with van der Waals surface area (Å²) in [5, 5.41) is 10.9. The Kier molecular flexibility index (Phi) is 3.29. The molecule has 0 saturated carbocycles. The fraction of sp³-hybridized carbons (Fsp3) is 0.0667. The highest BCUT2D eigenvalue weighted by Crippen LogP contribution is 2.23. The van der Waals surface area contributed by atoms with E-state index in [1.54, 1.807) is 35.6 Å². The molecule has 0 fully saturated rings. The van der Waals surface area contributed by atoms with Crippen LogP contribution in [0.5, 0.6) is 0 Å². The molecule has 2 aromatic rings. The van der Waals surface area contributed by atoms with Gasteiger partial charge in [-0.2, -0.15) is 0 Å². The van der Waals surface area contributed by atoms with Crippen LogP contribution in [0.3, 0.4) is 0 Å². The zero-order valence-corrected chi connectivity index (χ0v) is 11.4. The normalized spacial score (nSPS) is 13.8. The highest BCUT2D eigenvalue weighted by molar-refractivity contribution is 5.89. The van der Waals surface area contributed by atoms with Crippen LogP contribution in [-0.4, -0.2) is 16.1 Å². The minimum atomic E-state index is -0.938. The average Bonchev–Trinajstić information content (AvgIpc) is 2.98. The van der Waals surface area contributed by atoms with Crippen molar-refractivity contribution >= 4 is 17.4 Å². The van der Waals surface area contributed by atoms with Crippen LogP contribution in [-0.2, 0) is 0 Å². The van der Waals surface area contributed by atoms with Crippen molar-refractivity contribution in [1.29, 1.82) is 0 Å². The van der Waals surface area contributed by atoms with Gasteiger partial charge in [0.25, 0.3) is 0 Å². The Morgan fingerprint density at radius 1 is 1.33 bits per heavy atom. The van der Waals surface area contributed by atoms with Gasteiger partial charge in [-0.3, -0.25) is 9.99 Å². The number of nitrogens with zero attached hydrogens (tertiary/aromatic N) is 2. The van der Waals surface area contributed by atoms with Gasteiger partial charge in [0.1, 0.15) is 0 Å². The standard InChI is InChI=1S/C15H14N4O2/c1-10-4-5-11(15(20)21)7-13(10)14-9-19(18-17-14)12-3-2-6-16-8-12/h2-9,17-18H,1H3,(H,20,21). The van der Waals surface area contributed by atoms with Crippen molar-refractivity contribution in [3.8, 4) is 0 Å². The van der Waals surface area contributed by atoms with Crippen LogP contribution in [0.4, 0.5) is 5.69 Å². The van der Waals surface area contributed by atoms with Gasteiger partial charge in [0.15, 0.2) is 0 Å². The van der Waals surface area contributed by atoms with E-state index < -0.39 is 5.97 Å². The molecular weight excluding hydrogens is 268 g/mol. The Bertz CT molecular complexity index is 713. The van der Waals surface area contributed by atoms with E-state index in [0.717, 1.165) is 22.5 Å². The monoisotopic (exact) mass is 282 g/mol. The molecule has 0 spiro atoms. The fourth-order valence-electron chi connectivity index (χ4n) is 2.13. The third-order valence-corrected chi connectivity index (χ3v) is 3.27. The van der Waals surface area contributed by atoms with Crippen LogP contribution in [0, 0.1) is 6.92 Å². The van der Waals surface area contributed by atoms with Gasteiger partial charge in [0, 0.05) is 18.0 Å². The summed E-state index contributed by atoms with van der Waals surface area (Å²) in [7, 11) is 0. The molecule has 1 aromatic carbocycles. The fourth-order valence-corrected chi connectivity index (χ4v) is 2.13. The van der Waals surface area contributed by atoms with Gasteiger partial charge in [-0.05, 0) is 36.8 Å². The zero-order chi connectivity index (χ0) is 14.8. The van der Waals surface area contributed by atoms with E-state index in [0.29, 0.717) is 0 Å².